The van der Waals surface area contributed by atoms with Crippen molar-refractivity contribution in [3.8, 4) is 0 Å². The Labute approximate surface area is 137 Å². The van der Waals surface area contributed by atoms with E-state index in [1.54, 1.807) is 0 Å². The standard InChI is InChI=1S/C20H21N3/c1-14-18(17-8-2-3-9-19(17)23-14)12-15-6-5-11-22-20(15)16-7-4-10-21-13-16/h2-4,7-10,12-13,17,19,23H,5-6,11H2,1H3/b15-12+. The van der Waals surface area contributed by atoms with Crippen molar-refractivity contribution in [3.05, 3.63) is 77.3 Å². The molecule has 0 radical (unpaired) electrons. The smallest absolute Gasteiger partial charge is 0.0694 e. The predicted molar refractivity (Wildman–Crippen MR) is 94.4 cm³/mol. The second-order valence-electron chi connectivity index (χ2n) is 6.29. The van der Waals surface area contributed by atoms with Gasteiger partial charge < -0.3 is 5.32 Å². The summed E-state index contributed by atoms with van der Waals surface area (Å²) in [5, 5.41) is 3.59. The largest absolute Gasteiger partial charge is 0.381 e. The molecule has 1 aliphatic carbocycles. The Morgan fingerprint density at radius 3 is 3.04 bits per heavy atom. The predicted octanol–water partition coefficient (Wildman–Crippen LogP) is 3.58. The summed E-state index contributed by atoms with van der Waals surface area (Å²) in [6, 6.07) is 4.48. The number of pyridine rings is 1. The molecule has 116 valence electrons. The summed E-state index contributed by atoms with van der Waals surface area (Å²) in [4.78, 5) is 9.04. The minimum absolute atomic E-state index is 0.397. The first-order valence-electron chi connectivity index (χ1n) is 8.31. The number of fused-ring (bicyclic) bond motifs is 1. The Kier molecular flexibility index (Phi) is 3.70. The van der Waals surface area contributed by atoms with E-state index >= 15 is 0 Å². The highest BCUT2D eigenvalue weighted by atomic mass is 15.0. The number of nitrogens with zero attached hydrogens (tertiary/aromatic N) is 2. The van der Waals surface area contributed by atoms with Crippen LogP contribution >= 0.6 is 0 Å². The fraction of sp³-hybridized carbons (Fsp3) is 0.300. The topological polar surface area (TPSA) is 37.3 Å². The van der Waals surface area contributed by atoms with E-state index in [1.807, 2.05) is 18.5 Å². The first kappa shape index (κ1) is 14.2. The van der Waals surface area contributed by atoms with E-state index in [-0.39, 0.29) is 0 Å². The third-order valence-corrected chi connectivity index (χ3v) is 4.75. The van der Waals surface area contributed by atoms with Crippen LogP contribution in [0.4, 0.5) is 0 Å². The van der Waals surface area contributed by atoms with Gasteiger partial charge in [0.1, 0.15) is 0 Å². The average Bonchev–Trinajstić information content (AvgIpc) is 2.92. The maximum Gasteiger partial charge on any atom is 0.0694 e. The fourth-order valence-corrected chi connectivity index (χ4v) is 3.62. The minimum Gasteiger partial charge on any atom is -0.381 e. The molecule has 0 aromatic carbocycles. The maximum absolute atomic E-state index is 4.79. The van der Waals surface area contributed by atoms with Crippen LogP contribution in [-0.2, 0) is 0 Å². The summed E-state index contributed by atoms with van der Waals surface area (Å²) in [6.45, 7) is 3.09. The molecule has 0 amide bonds. The lowest BCUT2D eigenvalue weighted by atomic mass is 9.87. The molecule has 0 fully saturated rings. The second-order valence-corrected chi connectivity index (χ2v) is 6.29. The second kappa shape index (κ2) is 5.99. The molecule has 1 aromatic rings. The quantitative estimate of drug-likeness (QED) is 0.906. The Hall–Kier alpha value is -2.42. The lowest BCUT2D eigenvalue weighted by Crippen LogP contribution is -2.26. The summed E-state index contributed by atoms with van der Waals surface area (Å²) in [5.74, 6) is 0.435. The molecule has 3 aliphatic rings. The van der Waals surface area contributed by atoms with Gasteiger partial charge in [-0.05, 0) is 43.0 Å². The molecular weight excluding hydrogens is 282 g/mol. The van der Waals surface area contributed by atoms with E-state index in [4.69, 9.17) is 4.99 Å². The molecule has 0 spiro atoms. The number of hydrogen-bond acceptors (Lipinski definition) is 3. The monoisotopic (exact) mass is 303 g/mol. The summed E-state index contributed by atoms with van der Waals surface area (Å²) < 4.78 is 0. The van der Waals surface area contributed by atoms with Crippen molar-refractivity contribution in [3.63, 3.8) is 0 Å². The van der Waals surface area contributed by atoms with Crippen LogP contribution in [0.2, 0.25) is 0 Å². The lowest BCUT2D eigenvalue weighted by molar-refractivity contribution is 0.629. The van der Waals surface area contributed by atoms with Gasteiger partial charge in [-0.1, -0.05) is 30.4 Å². The van der Waals surface area contributed by atoms with Crippen LogP contribution in [0.25, 0.3) is 0 Å². The van der Waals surface area contributed by atoms with Gasteiger partial charge in [-0.3, -0.25) is 9.98 Å². The molecular formula is C20H21N3. The van der Waals surface area contributed by atoms with Gasteiger partial charge in [0.05, 0.1) is 11.8 Å². The van der Waals surface area contributed by atoms with Crippen molar-refractivity contribution in [1.29, 1.82) is 0 Å². The van der Waals surface area contributed by atoms with E-state index in [0.717, 1.165) is 30.7 Å². The fourth-order valence-electron chi connectivity index (χ4n) is 3.62. The normalized spacial score (nSPS) is 27.9. The molecule has 3 nitrogen and oxygen atoms in total. The van der Waals surface area contributed by atoms with E-state index < -0.39 is 0 Å². The first-order valence-corrected chi connectivity index (χ1v) is 8.31. The van der Waals surface area contributed by atoms with Crippen molar-refractivity contribution in [2.24, 2.45) is 10.9 Å². The first-order chi connectivity index (χ1) is 11.3. The summed E-state index contributed by atoms with van der Waals surface area (Å²) in [5.41, 5.74) is 6.25. The maximum atomic E-state index is 4.79. The van der Waals surface area contributed by atoms with Crippen LogP contribution in [0, 0.1) is 5.92 Å². The Morgan fingerprint density at radius 2 is 2.17 bits per heavy atom. The Balaban J connectivity index is 1.71. The van der Waals surface area contributed by atoms with E-state index in [9.17, 15) is 0 Å². The molecule has 2 unspecified atom stereocenters. The number of hydrogen-bond donors (Lipinski definition) is 1. The van der Waals surface area contributed by atoms with Gasteiger partial charge in [-0.15, -0.1) is 0 Å². The summed E-state index contributed by atoms with van der Waals surface area (Å²) in [7, 11) is 0. The number of nitrogens with one attached hydrogen (secondary N) is 1. The van der Waals surface area contributed by atoms with E-state index in [0.29, 0.717) is 12.0 Å². The molecule has 3 heterocycles. The molecule has 3 heteroatoms. The van der Waals surface area contributed by atoms with Gasteiger partial charge in [-0.2, -0.15) is 0 Å². The van der Waals surface area contributed by atoms with Crippen molar-refractivity contribution in [2.45, 2.75) is 25.8 Å². The van der Waals surface area contributed by atoms with Gasteiger partial charge in [0.2, 0.25) is 0 Å². The highest BCUT2D eigenvalue weighted by Gasteiger charge is 2.29. The molecule has 0 saturated heterocycles. The lowest BCUT2D eigenvalue weighted by Gasteiger charge is -2.20. The van der Waals surface area contributed by atoms with Gasteiger partial charge >= 0.3 is 0 Å². The zero-order chi connectivity index (χ0) is 15.6. The average molecular weight is 303 g/mol. The molecule has 4 rings (SSSR count). The number of allylic oxidation sites excluding steroid dienone is 5. The van der Waals surface area contributed by atoms with Crippen LogP contribution in [0.15, 0.2) is 76.7 Å². The molecule has 23 heavy (non-hydrogen) atoms. The third-order valence-electron chi connectivity index (χ3n) is 4.75. The van der Waals surface area contributed by atoms with Gasteiger partial charge in [0.25, 0.3) is 0 Å². The van der Waals surface area contributed by atoms with Gasteiger partial charge in [0.15, 0.2) is 0 Å². The zero-order valence-corrected chi connectivity index (χ0v) is 13.4. The van der Waals surface area contributed by atoms with Crippen molar-refractivity contribution < 1.29 is 0 Å². The number of rotatable bonds is 2. The van der Waals surface area contributed by atoms with Crippen LogP contribution in [-0.4, -0.2) is 23.3 Å². The number of aromatic nitrogens is 1. The molecule has 1 N–H and O–H groups in total. The number of aliphatic imine (C=N–C) groups is 1. The zero-order valence-electron chi connectivity index (χ0n) is 13.4. The Morgan fingerprint density at radius 1 is 1.26 bits per heavy atom. The molecule has 1 aromatic heterocycles. The van der Waals surface area contributed by atoms with Crippen molar-refractivity contribution >= 4 is 5.71 Å². The minimum atomic E-state index is 0.397. The van der Waals surface area contributed by atoms with Crippen molar-refractivity contribution in [2.75, 3.05) is 6.54 Å². The SMILES string of the molecule is CC1=C(/C=C2\CCCN=C2c2cccnc2)C2C=CC=CC2N1. The molecule has 0 bridgehead atoms. The van der Waals surface area contributed by atoms with Crippen LogP contribution in [0.5, 0.6) is 0 Å². The van der Waals surface area contributed by atoms with Gasteiger partial charge in [-0.25, -0.2) is 0 Å². The van der Waals surface area contributed by atoms with Crippen molar-refractivity contribution in [1.82, 2.24) is 10.3 Å². The molecule has 2 atom stereocenters. The van der Waals surface area contributed by atoms with E-state index in [1.165, 1.54) is 16.8 Å². The van der Waals surface area contributed by atoms with Crippen LogP contribution in [0.1, 0.15) is 25.3 Å². The molecule has 2 aliphatic heterocycles. The van der Waals surface area contributed by atoms with Gasteiger partial charge in [0, 0.05) is 36.1 Å². The summed E-state index contributed by atoms with van der Waals surface area (Å²) >= 11 is 0. The molecule has 0 saturated carbocycles. The van der Waals surface area contributed by atoms with E-state index in [2.05, 4.69) is 53.7 Å². The highest BCUT2D eigenvalue weighted by molar-refractivity contribution is 6.13. The van der Waals surface area contributed by atoms with Crippen LogP contribution < -0.4 is 5.32 Å². The highest BCUT2D eigenvalue weighted by Crippen LogP contribution is 2.33. The Bertz CT molecular complexity index is 750. The third kappa shape index (κ3) is 2.67. The summed E-state index contributed by atoms with van der Waals surface area (Å²) in [6.07, 6.45) is 17.1. The van der Waals surface area contributed by atoms with Crippen LogP contribution in [0.3, 0.4) is 0 Å².